The van der Waals surface area contributed by atoms with E-state index in [-0.39, 0.29) is 17.3 Å². The van der Waals surface area contributed by atoms with Crippen molar-refractivity contribution in [1.82, 2.24) is 5.32 Å². The summed E-state index contributed by atoms with van der Waals surface area (Å²) < 4.78 is 0. The number of nitrogens with zero attached hydrogens (tertiary/aromatic N) is 1. The fraction of sp³-hybridized carbons (Fsp3) is 0.385. The Morgan fingerprint density at radius 1 is 1.43 bits per heavy atom. The zero-order valence-corrected chi connectivity index (χ0v) is 11.3. The average Bonchev–Trinajstić information content (AvgIpc) is 3.22. The highest BCUT2D eigenvalue weighted by molar-refractivity contribution is 5.97. The molecule has 3 N–H and O–H groups in total. The lowest BCUT2D eigenvalue weighted by molar-refractivity contribution is -0.384. The molecular weight excluding hydrogens is 278 g/mol. The van der Waals surface area contributed by atoms with Gasteiger partial charge in [-0.2, -0.15) is 0 Å². The van der Waals surface area contributed by atoms with Crippen molar-refractivity contribution in [3.05, 3.63) is 33.9 Å². The maximum Gasteiger partial charge on any atom is 0.325 e. The Morgan fingerprint density at radius 2 is 2.10 bits per heavy atom. The quantitative estimate of drug-likeness (QED) is 0.538. The first-order chi connectivity index (χ1) is 9.88. The number of amides is 1. The van der Waals surface area contributed by atoms with E-state index < -0.39 is 22.8 Å². The van der Waals surface area contributed by atoms with Crippen molar-refractivity contribution in [2.24, 2.45) is 0 Å². The topological polar surface area (TPSA) is 122 Å². The van der Waals surface area contributed by atoms with Crippen molar-refractivity contribution in [1.29, 1.82) is 0 Å². The Labute approximate surface area is 120 Å². The number of nitrogens with one attached hydrogen (secondary N) is 2. The maximum absolute atomic E-state index is 11.9. The first kappa shape index (κ1) is 14.8. The van der Waals surface area contributed by atoms with Crippen LogP contribution in [0.3, 0.4) is 0 Å². The summed E-state index contributed by atoms with van der Waals surface area (Å²) >= 11 is 0. The Morgan fingerprint density at radius 3 is 2.62 bits per heavy atom. The van der Waals surface area contributed by atoms with E-state index in [1.165, 1.54) is 19.1 Å². The number of carboxylic acids is 1. The summed E-state index contributed by atoms with van der Waals surface area (Å²) in [7, 11) is 0. The molecule has 2 rings (SSSR count). The largest absolute Gasteiger partial charge is 0.480 e. The highest BCUT2D eigenvalue weighted by atomic mass is 16.6. The molecule has 1 aromatic rings. The molecule has 0 spiro atoms. The molecule has 0 radical (unpaired) electrons. The van der Waals surface area contributed by atoms with Gasteiger partial charge in [-0.1, -0.05) is 0 Å². The molecule has 0 unspecified atom stereocenters. The first-order valence-electron chi connectivity index (χ1n) is 6.47. The molecule has 1 fully saturated rings. The Kier molecular flexibility index (Phi) is 4.06. The molecule has 0 bridgehead atoms. The van der Waals surface area contributed by atoms with Crippen LogP contribution in [0.2, 0.25) is 0 Å². The molecule has 1 aliphatic carbocycles. The van der Waals surface area contributed by atoms with Gasteiger partial charge in [-0.3, -0.25) is 19.7 Å². The molecule has 21 heavy (non-hydrogen) atoms. The van der Waals surface area contributed by atoms with Crippen LogP contribution >= 0.6 is 0 Å². The third kappa shape index (κ3) is 3.68. The number of carboxylic acid groups (broad SMARTS) is 1. The van der Waals surface area contributed by atoms with E-state index in [4.69, 9.17) is 5.11 Å². The zero-order valence-electron chi connectivity index (χ0n) is 11.3. The van der Waals surface area contributed by atoms with Crippen LogP contribution in [0.15, 0.2) is 18.2 Å². The van der Waals surface area contributed by atoms with E-state index in [0.717, 1.165) is 18.9 Å². The van der Waals surface area contributed by atoms with E-state index in [9.17, 15) is 19.7 Å². The van der Waals surface area contributed by atoms with Gasteiger partial charge < -0.3 is 15.7 Å². The van der Waals surface area contributed by atoms with E-state index in [0.29, 0.717) is 5.69 Å². The van der Waals surface area contributed by atoms with Gasteiger partial charge in [0.1, 0.15) is 11.7 Å². The van der Waals surface area contributed by atoms with Crippen molar-refractivity contribution in [2.75, 3.05) is 5.32 Å². The van der Waals surface area contributed by atoms with Gasteiger partial charge in [0.05, 0.1) is 4.92 Å². The van der Waals surface area contributed by atoms with Crippen molar-refractivity contribution >= 4 is 23.3 Å². The van der Waals surface area contributed by atoms with Crippen molar-refractivity contribution in [3.8, 4) is 0 Å². The average molecular weight is 293 g/mol. The molecule has 112 valence electrons. The number of benzene rings is 1. The molecule has 1 aromatic carbocycles. The Balaban J connectivity index is 2.20. The molecule has 1 aliphatic rings. The zero-order chi connectivity index (χ0) is 15.6. The van der Waals surface area contributed by atoms with Crippen LogP contribution in [-0.4, -0.2) is 34.0 Å². The van der Waals surface area contributed by atoms with Gasteiger partial charge in [-0.05, 0) is 31.9 Å². The smallest absolute Gasteiger partial charge is 0.325 e. The highest BCUT2D eigenvalue weighted by Gasteiger charge is 2.26. The van der Waals surface area contributed by atoms with E-state index in [1.807, 2.05) is 0 Å². The van der Waals surface area contributed by atoms with Crippen molar-refractivity contribution in [3.63, 3.8) is 0 Å². The van der Waals surface area contributed by atoms with Crippen LogP contribution < -0.4 is 10.6 Å². The second kappa shape index (κ2) is 5.78. The van der Waals surface area contributed by atoms with Crippen molar-refractivity contribution < 1.29 is 19.6 Å². The van der Waals surface area contributed by atoms with Gasteiger partial charge in [0.2, 0.25) is 0 Å². The molecule has 8 nitrogen and oxygen atoms in total. The van der Waals surface area contributed by atoms with Gasteiger partial charge in [0.15, 0.2) is 0 Å². The van der Waals surface area contributed by atoms with Crippen LogP contribution in [0.5, 0.6) is 0 Å². The summed E-state index contributed by atoms with van der Waals surface area (Å²) in [6.07, 6.45) is 1.94. The number of rotatable bonds is 6. The van der Waals surface area contributed by atoms with Crippen LogP contribution in [0.25, 0.3) is 0 Å². The van der Waals surface area contributed by atoms with Crippen LogP contribution in [0.4, 0.5) is 11.4 Å². The number of hydrogen-bond donors (Lipinski definition) is 3. The molecule has 8 heteroatoms. The number of carbonyl (C=O) groups is 2. The van der Waals surface area contributed by atoms with Gasteiger partial charge in [0, 0.05) is 17.7 Å². The number of carbonyl (C=O) groups excluding carboxylic acids is 1. The predicted octanol–water partition coefficient (Wildman–Crippen LogP) is 1.37. The first-order valence-corrected chi connectivity index (χ1v) is 6.47. The molecule has 0 heterocycles. The molecular formula is C13H15N3O5. The molecule has 0 aromatic heterocycles. The highest BCUT2D eigenvalue weighted by Crippen LogP contribution is 2.31. The summed E-state index contributed by atoms with van der Waals surface area (Å²) in [5, 5.41) is 25.1. The number of nitro groups is 1. The van der Waals surface area contributed by atoms with E-state index in [1.54, 1.807) is 0 Å². The minimum atomic E-state index is -1.18. The van der Waals surface area contributed by atoms with E-state index >= 15 is 0 Å². The van der Waals surface area contributed by atoms with Gasteiger partial charge in [0.25, 0.3) is 11.6 Å². The lowest BCUT2D eigenvalue weighted by Gasteiger charge is -2.10. The minimum Gasteiger partial charge on any atom is -0.480 e. The Bertz CT molecular complexity index is 597. The SMILES string of the molecule is C[C@@H](NC(=O)c1ccc(NC2CC2)c([N+](=O)[O-])c1)C(=O)O. The number of nitro benzene ring substituents is 1. The second-order valence-corrected chi connectivity index (χ2v) is 4.94. The monoisotopic (exact) mass is 293 g/mol. The molecule has 0 saturated heterocycles. The van der Waals surface area contributed by atoms with Crippen LogP contribution in [-0.2, 0) is 4.79 Å². The van der Waals surface area contributed by atoms with Gasteiger partial charge in [-0.15, -0.1) is 0 Å². The third-order valence-corrected chi connectivity index (χ3v) is 3.11. The fourth-order valence-electron chi connectivity index (χ4n) is 1.74. The summed E-state index contributed by atoms with van der Waals surface area (Å²) in [6.45, 7) is 1.32. The molecule has 1 atom stereocenters. The standard InChI is InChI=1S/C13H15N3O5/c1-7(13(18)19)14-12(17)8-2-5-10(15-9-3-4-9)11(6-8)16(20)21/h2,5-7,9,15H,3-4H2,1H3,(H,14,17)(H,18,19)/t7-/m1/s1. The molecule has 1 amide bonds. The summed E-state index contributed by atoms with van der Waals surface area (Å²) in [5.74, 6) is -1.84. The van der Waals surface area contributed by atoms with Crippen LogP contribution in [0, 0.1) is 10.1 Å². The summed E-state index contributed by atoms with van der Waals surface area (Å²) in [5.41, 5.74) is 0.221. The van der Waals surface area contributed by atoms with Gasteiger partial charge in [-0.25, -0.2) is 0 Å². The molecule has 1 saturated carbocycles. The predicted molar refractivity (Wildman–Crippen MR) is 74.3 cm³/mol. The fourth-order valence-corrected chi connectivity index (χ4v) is 1.74. The second-order valence-electron chi connectivity index (χ2n) is 4.94. The number of aliphatic carboxylic acids is 1. The maximum atomic E-state index is 11.9. The normalized spacial score (nSPS) is 15.1. The van der Waals surface area contributed by atoms with Crippen molar-refractivity contribution in [2.45, 2.75) is 31.8 Å². The molecule has 0 aliphatic heterocycles. The Hall–Kier alpha value is -2.64. The lowest BCUT2D eigenvalue weighted by Crippen LogP contribution is -2.38. The van der Waals surface area contributed by atoms with Gasteiger partial charge >= 0.3 is 5.97 Å². The number of anilines is 1. The summed E-state index contributed by atoms with van der Waals surface area (Å²) in [4.78, 5) is 33.1. The third-order valence-electron chi connectivity index (χ3n) is 3.11. The number of hydrogen-bond acceptors (Lipinski definition) is 5. The lowest BCUT2D eigenvalue weighted by atomic mass is 10.1. The minimum absolute atomic E-state index is 0.0520. The van der Waals surface area contributed by atoms with E-state index in [2.05, 4.69) is 10.6 Å². The van der Waals surface area contributed by atoms with Crippen LogP contribution in [0.1, 0.15) is 30.1 Å². The summed E-state index contributed by atoms with van der Waals surface area (Å²) in [6, 6.07) is 3.23.